The number of thiophene rings is 1. The predicted molar refractivity (Wildman–Crippen MR) is 242 cm³/mol. The first kappa shape index (κ1) is 30.9. The molecule has 0 spiro atoms. The van der Waals surface area contributed by atoms with Crippen LogP contribution in [0.3, 0.4) is 0 Å². The van der Waals surface area contributed by atoms with Crippen molar-refractivity contribution in [3.05, 3.63) is 182 Å². The molecule has 0 bridgehead atoms. The third-order valence-electron chi connectivity index (χ3n) is 11.9. The van der Waals surface area contributed by atoms with Gasteiger partial charge in [-0.15, -0.1) is 11.3 Å². The number of aromatic nitrogens is 4. The van der Waals surface area contributed by atoms with Crippen LogP contribution in [0.2, 0.25) is 0 Å². The molecule has 0 radical (unpaired) electrons. The van der Waals surface area contributed by atoms with Crippen LogP contribution in [0.1, 0.15) is 0 Å². The molecular formula is C52H30N4S. The second-order valence-electron chi connectivity index (χ2n) is 14.9. The molecule has 13 aromatic rings. The average molecular weight is 743 g/mol. The number of para-hydroxylation sites is 2. The summed E-state index contributed by atoms with van der Waals surface area (Å²) in [6, 6.07) is 63.8. The molecule has 0 fully saturated rings. The maximum absolute atomic E-state index is 5.37. The molecule has 0 aliphatic heterocycles. The van der Waals surface area contributed by atoms with Crippen molar-refractivity contribution < 1.29 is 0 Å². The van der Waals surface area contributed by atoms with Crippen LogP contribution in [-0.2, 0) is 0 Å². The Morgan fingerprint density at radius 2 is 0.895 bits per heavy atom. The summed E-state index contributed by atoms with van der Waals surface area (Å²) in [4.78, 5) is 10.5. The Hall–Kier alpha value is -7.34. The van der Waals surface area contributed by atoms with E-state index < -0.39 is 0 Å². The van der Waals surface area contributed by atoms with Gasteiger partial charge in [-0.3, -0.25) is 4.98 Å². The molecule has 0 aliphatic rings. The smallest absolute Gasteiger partial charge is 0.0979 e. The van der Waals surface area contributed by atoms with Crippen LogP contribution in [0.5, 0.6) is 0 Å². The van der Waals surface area contributed by atoms with Gasteiger partial charge < -0.3 is 9.13 Å². The molecule has 0 unspecified atom stereocenters. The zero-order chi connectivity index (χ0) is 37.2. The van der Waals surface area contributed by atoms with E-state index >= 15 is 0 Å². The lowest BCUT2D eigenvalue weighted by atomic mass is 9.99. The summed E-state index contributed by atoms with van der Waals surface area (Å²) >= 11 is 1.86. The summed E-state index contributed by atoms with van der Waals surface area (Å²) in [5.41, 5.74) is 10.7. The van der Waals surface area contributed by atoms with Crippen molar-refractivity contribution in [1.82, 2.24) is 19.1 Å². The van der Waals surface area contributed by atoms with E-state index in [1.165, 1.54) is 69.0 Å². The van der Waals surface area contributed by atoms with E-state index in [9.17, 15) is 0 Å². The number of hydrogen-bond donors (Lipinski definition) is 0. The lowest BCUT2D eigenvalue weighted by Gasteiger charge is -2.14. The third-order valence-corrected chi connectivity index (χ3v) is 13.0. The molecule has 0 atom stereocenters. The van der Waals surface area contributed by atoms with E-state index in [4.69, 9.17) is 9.97 Å². The minimum atomic E-state index is 0.849. The third kappa shape index (κ3) is 4.32. The Bertz CT molecular complexity index is 3790. The van der Waals surface area contributed by atoms with Crippen LogP contribution >= 0.6 is 11.3 Å². The van der Waals surface area contributed by atoms with Crippen molar-refractivity contribution >= 4 is 108 Å². The highest BCUT2D eigenvalue weighted by molar-refractivity contribution is 7.25. The zero-order valence-electron chi connectivity index (χ0n) is 30.5. The molecule has 0 N–H and O–H groups in total. The van der Waals surface area contributed by atoms with Crippen LogP contribution in [0, 0.1) is 0 Å². The summed E-state index contributed by atoms with van der Waals surface area (Å²) in [5, 5.41) is 12.1. The fraction of sp³-hybridized carbons (Fsp3) is 0. The van der Waals surface area contributed by atoms with Crippen LogP contribution in [0.25, 0.3) is 119 Å². The van der Waals surface area contributed by atoms with Gasteiger partial charge in [0.05, 0.1) is 45.0 Å². The van der Waals surface area contributed by atoms with Crippen molar-refractivity contribution in [1.29, 1.82) is 0 Å². The fourth-order valence-corrected chi connectivity index (χ4v) is 10.6. The highest BCUT2D eigenvalue weighted by Crippen LogP contribution is 2.43. The molecule has 5 heteroatoms. The zero-order valence-corrected chi connectivity index (χ0v) is 31.3. The van der Waals surface area contributed by atoms with Crippen LogP contribution in [0.4, 0.5) is 0 Å². The van der Waals surface area contributed by atoms with Gasteiger partial charge in [-0.1, -0.05) is 133 Å². The van der Waals surface area contributed by atoms with E-state index in [1.807, 2.05) is 17.5 Å². The molecule has 0 saturated heterocycles. The average Bonchev–Trinajstić information content (AvgIpc) is 3.94. The molecule has 0 saturated carbocycles. The Morgan fingerprint density at radius 1 is 0.368 bits per heavy atom. The summed E-state index contributed by atoms with van der Waals surface area (Å²) in [6.07, 6.45) is 1.94. The first-order valence-electron chi connectivity index (χ1n) is 19.3. The van der Waals surface area contributed by atoms with Crippen molar-refractivity contribution in [2.75, 3.05) is 0 Å². The maximum Gasteiger partial charge on any atom is 0.0979 e. The number of hydrogen-bond acceptors (Lipinski definition) is 3. The van der Waals surface area contributed by atoms with E-state index in [0.29, 0.717) is 0 Å². The van der Waals surface area contributed by atoms with Gasteiger partial charge in [-0.05, 0) is 53.2 Å². The lowest BCUT2D eigenvalue weighted by Crippen LogP contribution is -1.99. The Labute approximate surface area is 330 Å². The van der Waals surface area contributed by atoms with E-state index in [-0.39, 0.29) is 0 Å². The van der Waals surface area contributed by atoms with Gasteiger partial charge in [-0.25, -0.2) is 4.98 Å². The normalized spacial score (nSPS) is 12.2. The fourth-order valence-electron chi connectivity index (χ4n) is 9.46. The minimum absolute atomic E-state index is 0.849. The van der Waals surface area contributed by atoms with E-state index in [2.05, 4.69) is 185 Å². The van der Waals surface area contributed by atoms with Gasteiger partial charge in [-0.2, -0.15) is 0 Å². The Morgan fingerprint density at radius 3 is 1.58 bits per heavy atom. The lowest BCUT2D eigenvalue weighted by molar-refractivity contribution is 1.15. The summed E-state index contributed by atoms with van der Waals surface area (Å²) in [7, 11) is 0. The number of benzene rings is 9. The number of nitrogens with zero attached hydrogens (tertiary/aromatic N) is 4. The topological polar surface area (TPSA) is 35.6 Å². The Kier molecular flexibility index (Phi) is 6.29. The van der Waals surface area contributed by atoms with Crippen molar-refractivity contribution in [3.8, 4) is 22.6 Å². The maximum atomic E-state index is 5.37. The highest BCUT2D eigenvalue weighted by Gasteiger charge is 2.22. The second kappa shape index (κ2) is 11.6. The molecule has 13 rings (SSSR count). The van der Waals surface area contributed by atoms with Crippen molar-refractivity contribution in [2.45, 2.75) is 0 Å². The second-order valence-corrected chi connectivity index (χ2v) is 16.0. The van der Waals surface area contributed by atoms with Crippen LogP contribution in [-0.4, -0.2) is 19.1 Å². The van der Waals surface area contributed by atoms with Crippen molar-refractivity contribution in [2.24, 2.45) is 0 Å². The quantitative estimate of drug-likeness (QED) is 0.169. The standard InChI is InChI=1S/C52H30N4S/c1-3-19-40-34(14-1)35-15-2-4-20-41(35)50-49(40)53-30-44(54-50)31-12-11-13-32(28-31)55-45-21-8-5-16-36(45)42-26-27-43-37-17-6-9-22-46(37)56(52(43)51(42)55)33-24-25-39-38-18-7-10-23-47(38)57-48(39)29-33/h1-30H. The summed E-state index contributed by atoms with van der Waals surface area (Å²) < 4.78 is 7.55. The molecule has 4 heterocycles. The molecule has 0 amide bonds. The van der Waals surface area contributed by atoms with Crippen molar-refractivity contribution in [3.63, 3.8) is 0 Å². The highest BCUT2D eigenvalue weighted by atomic mass is 32.1. The molecule has 4 nitrogen and oxygen atoms in total. The molecule has 4 aromatic heterocycles. The van der Waals surface area contributed by atoms with Gasteiger partial charge in [0.25, 0.3) is 0 Å². The van der Waals surface area contributed by atoms with E-state index in [0.717, 1.165) is 50.0 Å². The van der Waals surface area contributed by atoms with Gasteiger partial charge in [0, 0.05) is 69.4 Å². The first-order valence-corrected chi connectivity index (χ1v) is 20.1. The monoisotopic (exact) mass is 742 g/mol. The molecule has 264 valence electrons. The van der Waals surface area contributed by atoms with Gasteiger partial charge in [0.1, 0.15) is 0 Å². The number of rotatable bonds is 3. The minimum Gasteiger partial charge on any atom is -0.307 e. The summed E-state index contributed by atoms with van der Waals surface area (Å²) in [5.74, 6) is 0. The summed E-state index contributed by atoms with van der Waals surface area (Å²) in [6.45, 7) is 0. The molecule has 57 heavy (non-hydrogen) atoms. The first-order chi connectivity index (χ1) is 28.3. The molecular weight excluding hydrogens is 713 g/mol. The predicted octanol–water partition coefficient (Wildman–Crippen LogP) is 14.2. The van der Waals surface area contributed by atoms with Crippen LogP contribution < -0.4 is 0 Å². The van der Waals surface area contributed by atoms with Crippen LogP contribution in [0.15, 0.2) is 182 Å². The van der Waals surface area contributed by atoms with E-state index in [1.54, 1.807) is 0 Å². The van der Waals surface area contributed by atoms with Gasteiger partial charge in [0.15, 0.2) is 0 Å². The largest absolute Gasteiger partial charge is 0.307 e. The Balaban J connectivity index is 1.09. The number of fused-ring (bicyclic) bond motifs is 16. The van der Waals surface area contributed by atoms with Gasteiger partial charge >= 0.3 is 0 Å². The molecule has 9 aromatic carbocycles. The SMILES string of the molecule is c1cc(-c2cnc3c4ccccc4c4ccccc4c3n2)cc(-n2c3ccccc3c3ccc4c5ccccc5n(-c5ccc6c(c5)sc5ccccc56)c4c32)c1. The van der Waals surface area contributed by atoms with Gasteiger partial charge in [0.2, 0.25) is 0 Å². The molecule has 0 aliphatic carbocycles.